The number of carbonyl (C=O) groups excluding carboxylic acids is 1. The van der Waals surface area contributed by atoms with Gasteiger partial charge in [0.15, 0.2) is 0 Å². The summed E-state index contributed by atoms with van der Waals surface area (Å²) < 4.78 is 15.1. The van der Waals surface area contributed by atoms with E-state index in [1.54, 1.807) is 6.92 Å². The van der Waals surface area contributed by atoms with Gasteiger partial charge in [0.25, 0.3) is 0 Å². The van der Waals surface area contributed by atoms with Crippen molar-refractivity contribution in [1.82, 2.24) is 5.32 Å². The van der Waals surface area contributed by atoms with Crippen LogP contribution in [0.25, 0.3) is 0 Å². The maximum absolute atomic E-state index is 11.3. The molecule has 0 aromatic carbocycles. The Labute approximate surface area is 102 Å². The molecule has 102 valence electrons. The van der Waals surface area contributed by atoms with Crippen LogP contribution in [0.5, 0.6) is 0 Å². The maximum Gasteiger partial charge on any atom is 0.409 e. The van der Waals surface area contributed by atoms with E-state index in [4.69, 9.17) is 19.3 Å². The van der Waals surface area contributed by atoms with Gasteiger partial charge in [-0.25, -0.2) is 4.79 Å². The van der Waals surface area contributed by atoms with Crippen LogP contribution in [-0.4, -0.2) is 49.5 Å². The van der Waals surface area contributed by atoms with E-state index in [0.717, 1.165) is 0 Å². The Balaban J connectivity index is 3.57. The second-order valence-electron chi connectivity index (χ2n) is 4.55. The lowest BCUT2D eigenvalue weighted by atomic mass is 10.1. The molecule has 0 radical (unpaired) electrons. The summed E-state index contributed by atoms with van der Waals surface area (Å²) in [6.07, 6.45) is -1.14. The lowest BCUT2D eigenvalue weighted by molar-refractivity contribution is -0.106. The molecule has 2 N–H and O–H groups in total. The minimum Gasteiger partial charge on any atom is -0.420 e. The molecule has 1 atom stereocenters. The molecule has 0 aliphatic heterocycles. The Kier molecular flexibility index (Phi) is 7.86. The van der Waals surface area contributed by atoms with Crippen LogP contribution in [0.1, 0.15) is 27.7 Å². The molecule has 0 aliphatic rings. The van der Waals surface area contributed by atoms with Crippen molar-refractivity contribution in [1.29, 1.82) is 0 Å². The number of nitrogens with one attached hydrogen (secondary N) is 1. The van der Waals surface area contributed by atoms with Gasteiger partial charge in [0.05, 0.1) is 26.4 Å². The first-order valence-corrected chi connectivity index (χ1v) is 5.64. The number of aliphatic hydroxyl groups is 1. The summed E-state index contributed by atoms with van der Waals surface area (Å²) in [6, 6.07) is 0. The number of alkyl carbamates (subject to hydrolysis) is 1. The number of ether oxygens (including phenoxy) is 3. The predicted octanol–water partition coefficient (Wildman–Crippen LogP) is 0.883. The van der Waals surface area contributed by atoms with Crippen molar-refractivity contribution in [2.45, 2.75) is 39.5 Å². The first kappa shape index (κ1) is 16.1. The summed E-state index contributed by atoms with van der Waals surface area (Å²) in [4.78, 5) is 11.3. The van der Waals surface area contributed by atoms with Crippen LogP contribution < -0.4 is 5.32 Å². The minimum atomic E-state index is -0.630. The fourth-order valence-corrected chi connectivity index (χ4v) is 0.960. The SMILES string of the molecule is CC(OCCOCCO)OC(=O)NC(C)(C)C. The molecule has 17 heavy (non-hydrogen) atoms. The number of hydrogen-bond donors (Lipinski definition) is 2. The fraction of sp³-hybridized carbons (Fsp3) is 0.909. The molecule has 0 spiro atoms. The maximum atomic E-state index is 11.3. The van der Waals surface area contributed by atoms with Gasteiger partial charge in [0.2, 0.25) is 6.29 Å². The van der Waals surface area contributed by atoms with Crippen LogP contribution in [0.4, 0.5) is 4.79 Å². The third-order valence-corrected chi connectivity index (χ3v) is 1.57. The molecule has 1 amide bonds. The smallest absolute Gasteiger partial charge is 0.409 e. The summed E-state index contributed by atoms with van der Waals surface area (Å²) in [5, 5.41) is 11.1. The van der Waals surface area contributed by atoms with Crippen molar-refractivity contribution < 1.29 is 24.1 Å². The van der Waals surface area contributed by atoms with E-state index in [0.29, 0.717) is 13.2 Å². The van der Waals surface area contributed by atoms with Gasteiger partial charge in [-0.05, 0) is 27.7 Å². The average Bonchev–Trinajstić information content (AvgIpc) is 2.14. The summed E-state index contributed by atoms with van der Waals surface area (Å²) in [6.45, 7) is 8.16. The molecule has 0 aromatic rings. The van der Waals surface area contributed by atoms with E-state index in [2.05, 4.69) is 5.32 Å². The van der Waals surface area contributed by atoms with Gasteiger partial charge in [-0.15, -0.1) is 0 Å². The van der Waals surface area contributed by atoms with E-state index >= 15 is 0 Å². The van der Waals surface area contributed by atoms with Gasteiger partial charge < -0.3 is 24.6 Å². The molecule has 6 nitrogen and oxygen atoms in total. The second-order valence-corrected chi connectivity index (χ2v) is 4.55. The van der Waals surface area contributed by atoms with Crippen LogP contribution in [0.3, 0.4) is 0 Å². The molecule has 0 aromatic heterocycles. The third-order valence-electron chi connectivity index (χ3n) is 1.57. The number of carbonyl (C=O) groups is 1. The van der Waals surface area contributed by atoms with Crippen molar-refractivity contribution in [3.05, 3.63) is 0 Å². The van der Waals surface area contributed by atoms with Gasteiger partial charge >= 0.3 is 6.09 Å². The molecular weight excluding hydrogens is 226 g/mol. The number of hydrogen-bond acceptors (Lipinski definition) is 5. The zero-order chi connectivity index (χ0) is 13.3. The topological polar surface area (TPSA) is 77.0 Å². The lowest BCUT2D eigenvalue weighted by Crippen LogP contribution is -2.42. The first-order chi connectivity index (χ1) is 7.85. The van der Waals surface area contributed by atoms with Crippen molar-refractivity contribution >= 4 is 6.09 Å². The highest BCUT2D eigenvalue weighted by Crippen LogP contribution is 2.01. The molecule has 0 heterocycles. The van der Waals surface area contributed by atoms with Crippen molar-refractivity contribution in [2.24, 2.45) is 0 Å². The van der Waals surface area contributed by atoms with E-state index in [-0.39, 0.29) is 18.8 Å². The highest BCUT2D eigenvalue weighted by atomic mass is 16.7. The van der Waals surface area contributed by atoms with Gasteiger partial charge in [-0.2, -0.15) is 0 Å². The van der Waals surface area contributed by atoms with Crippen LogP contribution in [0.15, 0.2) is 0 Å². The normalized spacial score (nSPS) is 13.2. The van der Waals surface area contributed by atoms with Gasteiger partial charge in [-0.3, -0.25) is 0 Å². The van der Waals surface area contributed by atoms with E-state index < -0.39 is 12.4 Å². The molecule has 0 saturated heterocycles. The molecule has 0 saturated carbocycles. The monoisotopic (exact) mass is 249 g/mol. The highest BCUT2D eigenvalue weighted by Gasteiger charge is 2.16. The number of amides is 1. The lowest BCUT2D eigenvalue weighted by Gasteiger charge is -2.22. The quantitative estimate of drug-likeness (QED) is 0.517. The predicted molar refractivity (Wildman–Crippen MR) is 62.7 cm³/mol. The zero-order valence-electron chi connectivity index (χ0n) is 11.0. The summed E-state index contributed by atoms with van der Waals surface area (Å²) >= 11 is 0. The number of rotatable bonds is 7. The molecule has 0 fully saturated rings. The largest absolute Gasteiger partial charge is 0.420 e. The molecule has 0 aliphatic carbocycles. The second kappa shape index (κ2) is 8.27. The highest BCUT2D eigenvalue weighted by molar-refractivity contribution is 5.68. The van der Waals surface area contributed by atoms with Crippen molar-refractivity contribution in [3.63, 3.8) is 0 Å². The van der Waals surface area contributed by atoms with E-state index in [1.807, 2.05) is 20.8 Å². The summed E-state index contributed by atoms with van der Waals surface area (Å²) in [5.74, 6) is 0. The molecular formula is C11H23NO5. The van der Waals surface area contributed by atoms with Gasteiger partial charge in [0, 0.05) is 5.54 Å². The van der Waals surface area contributed by atoms with Crippen LogP contribution in [0.2, 0.25) is 0 Å². The van der Waals surface area contributed by atoms with Gasteiger partial charge in [0.1, 0.15) is 0 Å². The molecule has 0 bridgehead atoms. The fourth-order valence-electron chi connectivity index (χ4n) is 0.960. The Bertz CT molecular complexity index is 214. The van der Waals surface area contributed by atoms with Crippen LogP contribution in [0, 0.1) is 0 Å². The zero-order valence-corrected chi connectivity index (χ0v) is 11.0. The van der Waals surface area contributed by atoms with Crippen molar-refractivity contribution in [2.75, 3.05) is 26.4 Å². The molecule has 6 heteroatoms. The Hall–Kier alpha value is -0.850. The number of aliphatic hydroxyl groups excluding tert-OH is 1. The van der Waals surface area contributed by atoms with Crippen molar-refractivity contribution in [3.8, 4) is 0 Å². The molecule has 0 rings (SSSR count). The summed E-state index contributed by atoms with van der Waals surface area (Å²) in [5.41, 5.74) is -0.332. The molecule has 1 unspecified atom stereocenters. The Morgan fingerprint density at radius 3 is 2.47 bits per heavy atom. The Morgan fingerprint density at radius 1 is 1.29 bits per heavy atom. The van der Waals surface area contributed by atoms with Crippen LogP contribution >= 0.6 is 0 Å². The van der Waals surface area contributed by atoms with Gasteiger partial charge in [-0.1, -0.05) is 0 Å². The first-order valence-electron chi connectivity index (χ1n) is 5.64. The average molecular weight is 249 g/mol. The van der Waals surface area contributed by atoms with E-state index in [1.165, 1.54) is 0 Å². The Morgan fingerprint density at radius 2 is 1.94 bits per heavy atom. The standard InChI is InChI=1S/C11H23NO5/c1-9(16-8-7-15-6-5-13)17-10(14)12-11(2,3)4/h9,13H,5-8H2,1-4H3,(H,12,14). The summed E-state index contributed by atoms with van der Waals surface area (Å²) in [7, 11) is 0. The van der Waals surface area contributed by atoms with Crippen LogP contribution in [-0.2, 0) is 14.2 Å². The minimum absolute atomic E-state index is 0.0138. The van der Waals surface area contributed by atoms with E-state index in [9.17, 15) is 4.79 Å². The third kappa shape index (κ3) is 11.4.